The van der Waals surface area contributed by atoms with Crippen LogP contribution in [0.4, 0.5) is 10.1 Å². The number of thiocarbonyl (C=S) groups is 1. The SMILES string of the molecule is O=C1/C(=C/c2ccc(Br)cc2)SC(=S)N1c1cccc(F)c1. The molecule has 0 aromatic heterocycles. The van der Waals surface area contributed by atoms with Gasteiger partial charge in [0.1, 0.15) is 5.82 Å². The maximum absolute atomic E-state index is 13.3. The minimum Gasteiger partial charge on any atom is -0.268 e. The van der Waals surface area contributed by atoms with Crippen molar-refractivity contribution < 1.29 is 9.18 Å². The van der Waals surface area contributed by atoms with Crippen LogP contribution in [0.2, 0.25) is 0 Å². The van der Waals surface area contributed by atoms with Gasteiger partial charge in [0, 0.05) is 4.47 Å². The fourth-order valence-corrected chi connectivity index (χ4v) is 3.58. The van der Waals surface area contributed by atoms with E-state index in [-0.39, 0.29) is 5.91 Å². The standard InChI is InChI=1S/C16H9BrFNOS2/c17-11-6-4-10(5-7-11)8-14-15(20)19(16(21)22-14)13-3-1-2-12(18)9-13/h1-9H/b14-8-. The summed E-state index contributed by atoms with van der Waals surface area (Å²) in [4.78, 5) is 14.4. The number of anilines is 1. The molecule has 0 saturated carbocycles. The summed E-state index contributed by atoms with van der Waals surface area (Å²) < 4.78 is 14.7. The molecule has 1 aliphatic rings. The molecule has 0 N–H and O–H groups in total. The molecule has 2 aromatic carbocycles. The van der Waals surface area contributed by atoms with Gasteiger partial charge in [-0.25, -0.2) is 4.39 Å². The van der Waals surface area contributed by atoms with Crippen molar-refractivity contribution in [2.75, 3.05) is 4.90 Å². The highest BCUT2D eigenvalue weighted by Gasteiger charge is 2.33. The van der Waals surface area contributed by atoms with Crippen LogP contribution in [0.1, 0.15) is 5.56 Å². The summed E-state index contributed by atoms with van der Waals surface area (Å²) in [7, 11) is 0. The van der Waals surface area contributed by atoms with E-state index >= 15 is 0 Å². The van der Waals surface area contributed by atoms with Crippen molar-refractivity contribution in [3.8, 4) is 0 Å². The number of rotatable bonds is 2. The van der Waals surface area contributed by atoms with Gasteiger partial charge >= 0.3 is 0 Å². The van der Waals surface area contributed by atoms with Crippen molar-refractivity contribution in [3.63, 3.8) is 0 Å². The van der Waals surface area contributed by atoms with Crippen LogP contribution in [0.15, 0.2) is 57.9 Å². The number of amides is 1. The van der Waals surface area contributed by atoms with E-state index in [0.29, 0.717) is 14.9 Å². The number of carbonyl (C=O) groups is 1. The zero-order valence-corrected chi connectivity index (χ0v) is 14.3. The predicted octanol–water partition coefficient (Wildman–Crippen LogP) is 4.99. The smallest absolute Gasteiger partial charge is 0.268 e. The largest absolute Gasteiger partial charge is 0.270 e. The molecular formula is C16H9BrFNOS2. The number of hydrogen-bond acceptors (Lipinski definition) is 3. The van der Waals surface area contributed by atoms with Gasteiger partial charge in [-0.3, -0.25) is 9.69 Å². The summed E-state index contributed by atoms with van der Waals surface area (Å²) in [6.45, 7) is 0. The second-order valence-corrected chi connectivity index (χ2v) is 7.14. The zero-order chi connectivity index (χ0) is 15.7. The van der Waals surface area contributed by atoms with E-state index < -0.39 is 5.82 Å². The van der Waals surface area contributed by atoms with Crippen molar-refractivity contribution >= 4 is 61.9 Å². The van der Waals surface area contributed by atoms with Crippen LogP contribution in [-0.4, -0.2) is 10.2 Å². The highest BCUT2D eigenvalue weighted by molar-refractivity contribution is 9.10. The average Bonchev–Trinajstić information content (AvgIpc) is 2.76. The molecule has 0 unspecified atom stereocenters. The molecule has 0 spiro atoms. The number of carbonyl (C=O) groups excluding carboxylic acids is 1. The lowest BCUT2D eigenvalue weighted by atomic mass is 10.2. The molecule has 0 bridgehead atoms. The third-order valence-corrected chi connectivity index (χ3v) is 4.86. The maximum Gasteiger partial charge on any atom is 0.270 e. The number of benzene rings is 2. The summed E-state index contributed by atoms with van der Waals surface area (Å²) in [5, 5.41) is 0. The molecule has 1 saturated heterocycles. The highest BCUT2D eigenvalue weighted by atomic mass is 79.9. The predicted molar refractivity (Wildman–Crippen MR) is 96.2 cm³/mol. The summed E-state index contributed by atoms with van der Waals surface area (Å²) in [6, 6.07) is 13.5. The molecule has 0 aliphatic carbocycles. The first-order valence-electron chi connectivity index (χ1n) is 6.34. The van der Waals surface area contributed by atoms with Crippen molar-refractivity contribution in [1.82, 2.24) is 0 Å². The Kier molecular flexibility index (Phi) is 4.42. The number of hydrogen-bond donors (Lipinski definition) is 0. The summed E-state index contributed by atoms with van der Waals surface area (Å²) >= 11 is 9.84. The van der Waals surface area contributed by atoms with Gasteiger partial charge in [-0.1, -0.05) is 58.1 Å². The minimum atomic E-state index is -0.400. The van der Waals surface area contributed by atoms with E-state index in [1.807, 2.05) is 24.3 Å². The first-order valence-corrected chi connectivity index (χ1v) is 8.35. The minimum absolute atomic E-state index is 0.233. The third kappa shape index (κ3) is 3.14. The molecule has 2 nitrogen and oxygen atoms in total. The van der Waals surface area contributed by atoms with Crippen LogP contribution in [0.5, 0.6) is 0 Å². The van der Waals surface area contributed by atoms with Gasteiger partial charge in [0.05, 0.1) is 10.6 Å². The molecule has 110 valence electrons. The molecule has 0 atom stereocenters. The van der Waals surface area contributed by atoms with E-state index in [1.165, 1.54) is 28.8 Å². The van der Waals surface area contributed by atoms with Gasteiger partial charge in [-0.15, -0.1) is 0 Å². The van der Waals surface area contributed by atoms with Crippen molar-refractivity contribution in [1.29, 1.82) is 0 Å². The normalized spacial score (nSPS) is 16.6. The van der Waals surface area contributed by atoms with Gasteiger partial charge in [0.25, 0.3) is 5.91 Å². The third-order valence-electron chi connectivity index (χ3n) is 3.03. The highest BCUT2D eigenvalue weighted by Crippen LogP contribution is 2.36. The lowest BCUT2D eigenvalue weighted by Crippen LogP contribution is -2.27. The first-order chi connectivity index (χ1) is 10.5. The lowest BCUT2D eigenvalue weighted by molar-refractivity contribution is -0.113. The van der Waals surface area contributed by atoms with E-state index in [2.05, 4.69) is 15.9 Å². The van der Waals surface area contributed by atoms with Crippen LogP contribution in [0.3, 0.4) is 0 Å². The molecule has 6 heteroatoms. The molecule has 22 heavy (non-hydrogen) atoms. The van der Waals surface area contributed by atoms with Crippen LogP contribution in [-0.2, 0) is 4.79 Å². The lowest BCUT2D eigenvalue weighted by Gasteiger charge is -2.14. The molecular weight excluding hydrogens is 385 g/mol. The summed E-state index contributed by atoms with van der Waals surface area (Å²) in [5.74, 6) is -0.632. The summed E-state index contributed by atoms with van der Waals surface area (Å²) in [6.07, 6.45) is 1.78. The maximum atomic E-state index is 13.3. The Balaban J connectivity index is 1.93. The number of nitrogens with zero attached hydrogens (tertiary/aromatic N) is 1. The molecule has 1 fully saturated rings. The zero-order valence-electron chi connectivity index (χ0n) is 11.1. The Morgan fingerprint density at radius 1 is 1.18 bits per heavy atom. The monoisotopic (exact) mass is 393 g/mol. The van der Waals surface area contributed by atoms with E-state index in [0.717, 1.165) is 10.0 Å². The van der Waals surface area contributed by atoms with Gasteiger partial charge in [-0.05, 0) is 42.0 Å². The van der Waals surface area contributed by atoms with E-state index in [9.17, 15) is 9.18 Å². The Morgan fingerprint density at radius 3 is 2.59 bits per heavy atom. The fraction of sp³-hybridized carbons (Fsp3) is 0. The van der Waals surface area contributed by atoms with Gasteiger partial charge < -0.3 is 0 Å². The fourth-order valence-electron chi connectivity index (χ4n) is 2.02. The first kappa shape index (κ1) is 15.4. The van der Waals surface area contributed by atoms with Crippen LogP contribution < -0.4 is 4.90 Å². The molecule has 1 heterocycles. The molecule has 1 aliphatic heterocycles. The summed E-state index contributed by atoms with van der Waals surface area (Å²) in [5.41, 5.74) is 1.35. The topological polar surface area (TPSA) is 20.3 Å². The quantitative estimate of drug-likeness (QED) is 0.529. The molecule has 2 aromatic rings. The van der Waals surface area contributed by atoms with Gasteiger partial charge in [0.15, 0.2) is 4.32 Å². The van der Waals surface area contributed by atoms with E-state index in [1.54, 1.807) is 18.2 Å². The average molecular weight is 394 g/mol. The second-order valence-electron chi connectivity index (χ2n) is 4.55. The van der Waals surface area contributed by atoms with Crippen LogP contribution in [0, 0.1) is 5.82 Å². The second kappa shape index (κ2) is 6.32. The van der Waals surface area contributed by atoms with Crippen molar-refractivity contribution in [3.05, 3.63) is 69.3 Å². The molecule has 3 rings (SSSR count). The van der Waals surface area contributed by atoms with Crippen molar-refractivity contribution in [2.45, 2.75) is 0 Å². The Morgan fingerprint density at radius 2 is 1.91 bits per heavy atom. The van der Waals surface area contributed by atoms with Crippen LogP contribution >= 0.6 is 39.9 Å². The number of thioether (sulfide) groups is 1. The van der Waals surface area contributed by atoms with Gasteiger partial charge in [0.2, 0.25) is 0 Å². The Labute approximate surface area is 145 Å². The van der Waals surface area contributed by atoms with E-state index in [4.69, 9.17) is 12.2 Å². The Bertz CT molecular complexity index is 789. The molecule has 0 radical (unpaired) electrons. The molecule has 1 amide bonds. The van der Waals surface area contributed by atoms with Crippen molar-refractivity contribution in [2.24, 2.45) is 0 Å². The van der Waals surface area contributed by atoms with Gasteiger partial charge in [-0.2, -0.15) is 0 Å². The Hall–Kier alpha value is -1.50. The number of halogens is 2. The van der Waals surface area contributed by atoms with Crippen LogP contribution in [0.25, 0.3) is 6.08 Å².